The molecule has 2 aliphatic heterocycles. The number of nitrogens with zero attached hydrogens (tertiary/aromatic N) is 2. The van der Waals surface area contributed by atoms with E-state index in [2.05, 4.69) is 9.62 Å². The molecule has 1 N–H and O–H groups in total. The molecule has 4 rings (SSSR count). The molecule has 168 valence electrons. The third-order valence-corrected chi connectivity index (χ3v) is 9.50. The molecule has 0 saturated carbocycles. The van der Waals surface area contributed by atoms with Crippen molar-refractivity contribution in [2.75, 3.05) is 39.3 Å². The maximum absolute atomic E-state index is 13.1. The van der Waals surface area contributed by atoms with Gasteiger partial charge in [0.1, 0.15) is 0 Å². The summed E-state index contributed by atoms with van der Waals surface area (Å²) in [6.07, 6.45) is 3.82. The van der Waals surface area contributed by atoms with Gasteiger partial charge < -0.3 is 4.90 Å². The van der Waals surface area contributed by atoms with Gasteiger partial charge in [0, 0.05) is 31.0 Å². The quantitative estimate of drug-likeness (QED) is 0.732. The van der Waals surface area contributed by atoms with Crippen LogP contribution in [0.5, 0.6) is 0 Å². The van der Waals surface area contributed by atoms with Gasteiger partial charge in [0.05, 0.1) is 16.3 Å². The number of sulfonamides is 2. The molecule has 0 atom stereocenters. The maximum atomic E-state index is 13.1. The number of hydrogen-bond acceptors (Lipinski definition) is 5. The van der Waals surface area contributed by atoms with E-state index in [1.54, 1.807) is 38.1 Å². The fourth-order valence-corrected chi connectivity index (χ4v) is 7.63. The number of aryl methyl sites for hydroxylation is 2. The van der Waals surface area contributed by atoms with E-state index < -0.39 is 20.0 Å². The van der Waals surface area contributed by atoms with Crippen LogP contribution in [0.25, 0.3) is 0 Å². The van der Waals surface area contributed by atoms with Gasteiger partial charge in [0.2, 0.25) is 10.0 Å². The third kappa shape index (κ3) is 4.52. The number of rotatable bonds is 5. The van der Waals surface area contributed by atoms with Gasteiger partial charge in [-0.1, -0.05) is 0 Å². The van der Waals surface area contributed by atoms with Crippen LogP contribution in [-0.2, 0) is 20.0 Å². The Morgan fingerprint density at radius 3 is 2.00 bits per heavy atom. The molecule has 2 aliphatic rings. The van der Waals surface area contributed by atoms with Crippen molar-refractivity contribution in [2.45, 2.75) is 44.4 Å². The summed E-state index contributed by atoms with van der Waals surface area (Å²) in [5, 5.41) is 0. The van der Waals surface area contributed by atoms with Crippen LogP contribution >= 0.6 is 0 Å². The molecule has 0 aliphatic carbocycles. The average molecular weight is 464 g/mol. The van der Waals surface area contributed by atoms with Crippen molar-refractivity contribution in [1.82, 2.24) is 0 Å². The van der Waals surface area contributed by atoms with E-state index in [0.29, 0.717) is 35.5 Å². The minimum atomic E-state index is -3.81. The van der Waals surface area contributed by atoms with Crippen LogP contribution in [0.2, 0.25) is 0 Å². The van der Waals surface area contributed by atoms with E-state index in [0.717, 1.165) is 25.2 Å². The van der Waals surface area contributed by atoms with Gasteiger partial charge >= 0.3 is 0 Å². The molecule has 0 bridgehead atoms. The van der Waals surface area contributed by atoms with E-state index in [-0.39, 0.29) is 10.6 Å². The summed E-state index contributed by atoms with van der Waals surface area (Å²) in [4.78, 5) is 2.48. The zero-order valence-corrected chi connectivity index (χ0v) is 19.6. The number of hydrogen-bond donors (Lipinski definition) is 1. The van der Waals surface area contributed by atoms with Gasteiger partial charge in [-0.3, -0.25) is 9.03 Å². The highest BCUT2D eigenvalue weighted by Gasteiger charge is 2.28. The van der Waals surface area contributed by atoms with Crippen LogP contribution in [0.4, 0.5) is 17.1 Å². The molecule has 0 unspecified atom stereocenters. The summed E-state index contributed by atoms with van der Waals surface area (Å²) < 4.78 is 55.2. The third-order valence-electron chi connectivity index (χ3n) is 5.94. The van der Waals surface area contributed by atoms with Crippen molar-refractivity contribution in [3.63, 3.8) is 0 Å². The minimum absolute atomic E-state index is 0.125. The first kappa shape index (κ1) is 22.0. The monoisotopic (exact) mass is 463 g/mol. The molecular formula is C22H29N3O4S2. The topological polar surface area (TPSA) is 86.8 Å². The molecule has 0 spiro atoms. The SMILES string of the molecule is Cc1cc(N2CCCCS2(=O)=O)cc(C)c1S(=O)(=O)Nc1ccc(N2CCCC2)cc1. The van der Waals surface area contributed by atoms with Crippen molar-refractivity contribution < 1.29 is 16.8 Å². The molecule has 0 radical (unpaired) electrons. The zero-order valence-electron chi connectivity index (χ0n) is 18.0. The summed E-state index contributed by atoms with van der Waals surface area (Å²) in [6.45, 7) is 5.90. The smallest absolute Gasteiger partial charge is 0.262 e. The zero-order chi connectivity index (χ0) is 22.2. The fourth-order valence-electron chi connectivity index (χ4n) is 4.50. The molecule has 2 saturated heterocycles. The van der Waals surface area contributed by atoms with E-state index in [1.807, 2.05) is 12.1 Å². The van der Waals surface area contributed by atoms with Gasteiger partial charge in [0.15, 0.2) is 0 Å². The number of benzene rings is 2. The first-order chi connectivity index (χ1) is 14.7. The summed E-state index contributed by atoms with van der Waals surface area (Å²) in [5.74, 6) is 0.125. The molecule has 2 aromatic carbocycles. The second kappa shape index (κ2) is 8.35. The van der Waals surface area contributed by atoms with Gasteiger partial charge in [-0.15, -0.1) is 0 Å². The molecular weight excluding hydrogens is 434 g/mol. The summed E-state index contributed by atoms with van der Waals surface area (Å²) in [6, 6.07) is 10.7. The second-order valence-electron chi connectivity index (χ2n) is 8.35. The highest BCUT2D eigenvalue weighted by Crippen LogP contribution is 2.31. The number of anilines is 3. The standard InChI is InChI=1S/C22H29N3O4S2/c1-17-15-21(25-13-5-6-14-30(25,26)27)16-18(2)22(17)31(28,29)23-19-7-9-20(10-8-19)24-11-3-4-12-24/h7-10,15-16,23H,3-6,11-14H2,1-2H3. The van der Waals surface area contributed by atoms with Crippen LogP contribution < -0.4 is 13.9 Å². The van der Waals surface area contributed by atoms with Crippen molar-refractivity contribution in [3.8, 4) is 0 Å². The largest absolute Gasteiger partial charge is 0.372 e. The highest BCUT2D eigenvalue weighted by atomic mass is 32.2. The minimum Gasteiger partial charge on any atom is -0.372 e. The Labute approximate surface area is 185 Å². The fraction of sp³-hybridized carbons (Fsp3) is 0.455. The van der Waals surface area contributed by atoms with Gasteiger partial charge in [-0.2, -0.15) is 0 Å². The second-order valence-corrected chi connectivity index (χ2v) is 12.0. The lowest BCUT2D eigenvalue weighted by Gasteiger charge is -2.29. The normalized spacial score (nSPS) is 18.9. The molecule has 9 heteroatoms. The Bertz CT molecular complexity index is 1150. The van der Waals surface area contributed by atoms with Crippen LogP contribution in [0, 0.1) is 13.8 Å². The first-order valence-corrected chi connectivity index (χ1v) is 13.8. The molecule has 0 aromatic heterocycles. The van der Waals surface area contributed by atoms with Gasteiger partial charge in [-0.05, 0) is 87.1 Å². The molecule has 0 amide bonds. The molecule has 7 nitrogen and oxygen atoms in total. The predicted molar refractivity (Wildman–Crippen MR) is 125 cm³/mol. The van der Waals surface area contributed by atoms with Crippen molar-refractivity contribution in [1.29, 1.82) is 0 Å². The van der Waals surface area contributed by atoms with Crippen LogP contribution in [-0.4, -0.2) is 42.2 Å². The van der Waals surface area contributed by atoms with Crippen LogP contribution in [0.3, 0.4) is 0 Å². The van der Waals surface area contributed by atoms with Crippen molar-refractivity contribution in [2.24, 2.45) is 0 Å². The number of nitrogens with one attached hydrogen (secondary N) is 1. The summed E-state index contributed by atoms with van der Waals surface area (Å²) >= 11 is 0. The maximum Gasteiger partial charge on any atom is 0.262 e. The lowest BCUT2D eigenvalue weighted by atomic mass is 10.1. The summed E-state index contributed by atoms with van der Waals surface area (Å²) in [7, 11) is -7.17. The first-order valence-electron chi connectivity index (χ1n) is 10.7. The van der Waals surface area contributed by atoms with Crippen molar-refractivity contribution >= 4 is 37.1 Å². The van der Waals surface area contributed by atoms with Gasteiger partial charge in [0.25, 0.3) is 10.0 Å². The van der Waals surface area contributed by atoms with Crippen LogP contribution in [0.15, 0.2) is 41.3 Å². The van der Waals surface area contributed by atoms with Crippen molar-refractivity contribution in [3.05, 3.63) is 47.5 Å². The Morgan fingerprint density at radius 1 is 0.839 bits per heavy atom. The summed E-state index contributed by atoms with van der Waals surface area (Å²) in [5.41, 5.74) is 3.18. The Balaban J connectivity index is 1.59. The Morgan fingerprint density at radius 2 is 1.42 bits per heavy atom. The predicted octanol–water partition coefficient (Wildman–Crippen LogP) is 3.63. The Hall–Kier alpha value is -2.26. The lowest BCUT2D eigenvalue weighted by Crippen LogP contribution is -2.38. The average Bonchev–Trinajstić information content (AvgIpc) is 3.22. The van der Waals surface area contributed by atoms with E-state index in [1.165, 1.54) is 17.1 Å². The molecule has 31 heavy (non-hydrogen) atoms. The molecule has 2 heterocycles. The molecule has 2 aromatic rings. The molecule has 2 fully saturated rings. The lowest BCUT2D eigenvalue weighted by molar-refractivity contribution is 0.574. The highest BCUT2D eigenvalue weighted by molar-refractivity contribution is 7.93. The van der Waals surface area contributed by atoms with E-state index in [4.69, 9.17) is 0 Å². The van der Waals surface area contributed by atoms with Crippen LogP contribution in [0.1, 0.15) is 36.8 Å². The van der Waals surface area contributed by atoms with Gasteiger partial charge in [-0.25, -0.2) is 16.8 Å². The van der Waals surface area contributed by atoms with E-state index >= 15 is 0 Å². The van der Waals surface area contributed by atoms with E-state index in [9.17, 15) is 16.8 Å². The Kier molecular flexibility index (Phi) is 5.91.